The number of carbonyl (C=O) groups is 2. The first-order valence-corrected chi connectivity index (χ1v) is 6.57. The van der Waals surface area contributed by atoms with Crippen molar-refractivity contribution in [3.05, 3.63) is 23.5 Å². The lowest BCUT2D eigenvalue weighted by atomic mass is 10.0. The lowest BCUT2D eigenvalue weighted by Gasteiger charge is -2.20. The van der Waals surface area contributed by atoms with Crippen molar-refractivity contribution >= 4 is 23.2 Å². The van der Waals surface area contributed by atoms with Crippen molar-refractivity contribution in [1.29, 1.82) is 0 Å². The van der Waals surface area contributed by atoms with Crippen LogP contribution in [-0.4, -0.2) is 17.9 Å². The molecule has 5 nitrogen and oxygen atoms in total. The van der Waals surface area contributed by atoms with Crippen LogP contribution in [0.15, 0.2) is 12.1 Å². The standard InChI is InChI=1S/C14H18FN3O2/c1-7(2)13(16)14(20)18-11-6-10-8(5-9(11)15)3-4-12(19)17-10/h5-7,13H,3-4,16H2,1-2H3,(H,17,19)(H,18,20)/t13-/m1/s1. The summed E-state index contributed by atoms with van der Waals surface area (Å²) in [5, 5.41) is 5.13. The minimum absolute atomic E-state index is 0.0343. The van der Waals surface area contributed by atoms with Crippen molar-refractivity contribution in [2.24, 2.45) is 11.7 Å². The minimum atomic E-state index is -0.708. The number of benzene rings is 1. The zero-order valence-electron chi connectivity index (χ0n) is 11.5. The van der Waals surface area contributed by atoms with Gasteiger partial charge in [0.2, 0.25) is 11.8 Å². The topological polar surface area (TPSA) is 84.2 Å². The first-order chi connectivity index (χ1) is 9.38. The lowest BCUT2D eigenvalue weighted by molar-refractivity contribution is -0.118. The van der Waals surface area contributed by atoms with Crippen molar-refractivity contribution in [1.82, 2.24) is 0 Å². The van der Waals surface area contributed by atoms with Gasteiger partial charge in [0, 0.05) is 12.1 Å². The van der Waals surface area contributed by atoms with Gasteiger partial charge < -0.3 is 16.4 Å². The normalized spacial score (nSPS) is 15.6. The molecular formula is C14H18FN3O2. The third-order valence-electron chi connectivity index (χ3n) is 3.37. The van der Waals surface area contributed by atoms with E-state index in [-0.39, 0.29) is 17.5 Å². The Bertz CT molecular complexity index is 558. The van der Waals surface area contributed by atoms with E-state index in [1.165, 1.54) is 12.1 Å². The minimum Gasteiger partial charge on any atom is -0.326 e. The second kappa shape index (κ2) is 5.58. The summed E-state index contributed by atoms with van der Waals surface area (Å²) in [6.07, 6.45) is 0.841. The van der Waals surface area contributed by atoms with E-state index in [1.807, 2.05) is 13.8 Å². The Morgan fingerprint density at radius 2 is 2.10 bits per heavy atom. The molecule has 2 rings (SSSR count). The fourth-order valence-electron chi connectivity index (χ4n) is 2.01. The molecule has 0 saturated carbocycles. The molecule has 0 radical (unpaired) electrons. The summed E-state index contributed by atoms with van der Waals surface area (Å²) in [4.78, 5) is 23.2. The van der Waals surface area contributed by atoms with E-state index >= 15 is 0 Å². The van der Waals surface area contributed by atoms with Crippen LogP contribution in [0.3, 0.4) is 0 Å². The molecule has 1 aliphatic heterocycles. The molecule has 1 aromatic carbocycles. The third-order valence-corrected chi connectivity index (χ3v) is 3.37. The van der Waals surface area contributed by atoms with Crippen LogP contribution in [0.1, 0.15) is 25.8 Å². The Morgan fingerprint density at radius 1 is 1.40 bits per heavy atom. The van der Waals surface area contributed by atoms with Gasteiger partial charge in [-0.05, 0) is 30.0 Å². The molecule has 20 heavy (non-hydrogen) atoms. The Kier molecular flexibility index (Phi) is 4.04. The second-order valence-corrected chi connectivity index (χ2v) is 5.30. The average Bonchev–Trinajstić information content (AvgIpc) is 2.39. The van der Waals surface area contributed by atoms with Crippen molar-refractivity contribution in [3.63, 3.8) is 0 Å². The lowest BCUT2D eigenvalue weighted by Crippen LogP contribution is -2.40. The van der Waals surface area contributed by atoms with Crippen LogP contribution in [-0.2, 0) is 16.0 Å². The Labute approximate surface area is 116 Å². The van der Waals surface area contributed by atoms with Gasteiger partial charge in [0.05, 0.1) is 11.7 Å². The SMILES string of the molecule is CC(C)[C@@H](N)C(=O)Nc1cc2c(cc1F)CCC(=O)N2. The van der Waals surface area contributed by atoms with E-state index < -0.39 is 17.8 Å². The van der Waals surface area contributed by atoms with E-state index in [9.17, 15) is 14.0 Å². The zero-order valence-corrected chi connectivity index (χ0v) is 11.5. The number of anilines is 2. The van der Waals surface area contributed by atoms with Crippen LogP contribution in [0.25, 0.3) is 0 Å². The Hall–Kier alpha value is -1.95. The highest BCUT2D eigenvalue weighted by Crippen LogP contribution is 2.28. The van der Waals surface area contributed by atoms with Crippen molar-refractivity contribution in [2.75, 3.05) is 10.6 Å². The summed E-state index contributed by atoms with van der Waals surface area (Å²) < 4.78 is 13.9. The number of carbonyl (C=O) groups excluding carboxylic acids is 2. The fraction of sp³-hybridized carbons (Fsp3) is 0.429. The number of nitrogens with two attached hydrogens (primary N) is 1. The highest BCUT2D eigenvalue weighted by molar-refractivity contribution is 5.98. The van der Waals surface area contributed by atoms with Gasteiger partial charge >= 0.3 is 0 Å². The second-order valence-electron chi connectivity index (χ2n) is 5.30. The average molecular weight is 279 g/mol. The first kappa shape index (κ1) is 14.5. The number of hydrogen-bond acceptors (Lipinski definition) is 3. The van der Waals surface area contributed by atoms with Gasteiger partial charge in [-0.3, -0.25) is 9.59 Å². The number of nitrogens with one attached hydrogen (secondary N) is 2. The molecule has 0 fully saturated rings. The van der Waals surface area contributed by atoms with Gasteiger partial charge in [-0.1, -0.05) is 13.8 Å². The molecule has 1 aliphatic rings. The summed E-state index contributed by atoms with van der Waals surface area (Å²) in [7, 11) is 0. The van der Waals surface area contributed by atoms with Crippen LogP contribution >= 0.6 is 0 Å². The molecule has 0 bridgehead atoms. The molecule has 108 valence electrons. The summed E-state index contributed by atoms with van der Waals surface area (Å²) in [5.74, 6) is -1.12. The van der Waals surface area contributed by atoms with Crippen molar-refractivity contribution in [3.8, 4) is 0 Å². The maximum atomic E-state index is 13.9. The number of fused-ring (bicyclic) bond motifs is 1. The van der Waals surface area contributed by atoms with E-state index in [1.54, 1.807) is 0 Å². The van der Waals surface area contributed by atoms with Gasteiger partial charge in [-0.25, -0.2) is 4.39 Å². The molecule has 6 heteroatoms. The summed E-state index contributed by atoms with van der Waals surface area (Å²) in [6.45, 7) is 3.63. The predicted octanol–water partition coefficient (Wildman–Crippen LogP) is 1.63. The molecule has 1 atom stereocenters. The van der Waals surface area contributed by atoms with Crippen LogP contribution in [0.4, 0.5) is 15.8 Å². The van der Waals surface area contributed by atoms with Gasteiger partial charge in [-0.15, -0.1) is 0 Å². The van der Waals surface area contributed by atoms with E-state index in [2.05, 4.69) is 10.6 Å². The smallest absolute Gasteiger partial charge is 0.241 e. The molecule has 0 unspecified atom stereocenters. The maximum Gasteiger partial charge on any atom is 0.241 e. The third kappa shape index (κ3) is 2.96. The summed E-state index contributed by atoms with van der Waals surface area (Å²) in [5.41, 5.74) is 7.02. The van der Waals surface area contributed by atoms with E-state index in [0.717, 1.165) is 5.56 Å². The summed E-state index contributed by atoms with van der Waals surface area (Å²) in [6, 6.07) is 2.07. The number of hydrogen-bond donors (Lipinski definition) is 3. The monoisotopic (exact) mass is 279 g/mol. The molecular weight excluding hydrogens is 261 g/mol. The quantitative estimate of drug-likeness (QED) is 0.786. The van der Waals surface area contributed by atoms with Crippen molar-refractivity contribution < 1.29 is 14.0 Å². The number of aryl methyl sites for hydroxylation is 1. The number of amides is 2. The summed E-state index contributed by atoms with van der Waals surface area (Å²) >= 11 is 0. The molecule has 0 saturated heterocycles. The van der Waals surface area contributed by atoms with Gasteiger partial charge in [-0.2, -0.15) is 0 Å². The van der Waals surface area contributed by atoms with Crippen LogP contribution < -0.4 is 16.4 Å². The number of rotatable bonds is 3. The number of halogens is 1. The van der Waals surface area contributed by atoms with Gasteiger partial charge in [0.25, 0.3) is 0 Å². The molecule has 0 aromatic heterocycles. The highest BCUT2D eigenvalue weighted by atomic mass is 19.1. The molecule has 4 N–H and O–H groups in total. The highest BCUT2D eigenvalue weighted by Gasteiger charge is 2.21. The van der Waals surface area contributed by atoms with Crippen LogP contribution in [0, 0.1) is 11.7 Å². The van der Waals surface area contributed by atoms with E-state index in [4.69, 9.17) is 5.73 Å². The van der Waals surface area contributed by atoms with Gasteiger partial charge in [0.1, 0.15) is 5.82 Å². The maximum absolute atomic E-state index is 13.9. The van der Waals surface area contributed by atoms with E-state index in [0.29, 0.717) is 18.5 Å². The fourth-order valence-corrected chi connectivity index (χ4v) is 2.01. The zero-order chi connectivity index (χ0) is 14.9. The molecule has 2 amide bonds. The Balaban J connectivity index is 2.22. The molecule has 1 heterocycles. The van der Waals surface area contributed by atoms with Crippen LogP contribution in [0.2, 0.25) is 0 Å². The predicted molar refractivity (Wildman–Crippen MR) is 74.8 cm³/mol. The molecule has 0 spiro atoms. The Morgan fingerprint density at radius 3 is 2.75 bits per heavy atom. The van der Waals surface area contributed by atoms with Crippen molar-refractivity contribution in [2.45, 2.75) is 32.7 Å². The first-order valence-electron chi connectivity index (χ1n) is 6.57. The largest absolute Gasteiger partial charge is 0.326 e. The molecule has 0 aliphatic carbocycles. The van der Waals surface area contributed by atoms with Crippen LogP contribution in [0.5, 0.6) is 0 Å². The molecule has 1 aromatic rings. The van der Waals surface area contributed by atoms with Gasteiger partial charge in [0.15, 0.2) is 0 Å².